The summed E-state index contributed by atoms with van der Waals surface area (Å²) in [7, 11) is 0. The van der Waals surface area contributed by atoms with Gasteiger partial charge in [0.1, 0.15) is 5.82 Å². The summed E-state index contributed by atoms with van der Waals surface area (Å²) in [6, 6.07) is 14.5. The molecule has 24 heavy (non-hydrogen) atoms. The Balaban J connectivity index is 1.46. The van der Waals surface area contributed by atoms with Gasteiger partial charge in [-0.05, 0) is 29.5 Å². The smallest absolute Gasteiger partial charge is 0.232 e. The van der Waals surface area contributed by atoms with Gasteiger partial charge < -0.3 is 0 Å². The lowest BCUT2D eigenvalue weighted by Gasteiger charge is -2.22. The molecule has 1 aromatic carbocycles. The van der Waals surface area contributed by atoms with E-state index in [9.17, 15) is 4.79 Å². The summed E-state index contributed by atoms with van der Waals surface area (Å²) in [5.41, 5.74) is 2.50. The van der Waals surface area contributed by atoms with E-state index in [2.05, 4.69) is 47.1 Å². The van der Waals surface area contributed by atoms with Crippen LogP contribution in [0.25, 0.3) is 0 Å². The number of fused-ring (bicyclic) bond motifs is 1. The van der Waals surface area contributed by atoms with Crippen LogP contribution in [0.4, 0.5) is 5.82 Å². The van der Waals surface area contributed by atoms with Crippen molar-refractivity contribution in [3.8, 4) is 0 Å². The Morgan fingerprint density at radius 2 is 2.00 bits per heavy atom. The van der Waals surface area contributed by atoms with Gasteiger partial charge in [0.05, 0.1) is 5.92 Å². The van der Waals surface area contributed by atoms with Gasteiger partial charge in [-0.3, -0.25) is 14.6 Å². The molecule has 2 aliphatic rings. The number of rotatable bonds is 3. The second-order valence-corrected chi connectivity index (χ2v) is 6.99. The Bertz CT molecular complexity index is 731. The van der Waals surface area contributed by atoms with Crippen LogP contribution in [0, 0.1) is 11.8 Å². The van der Waals surface area contributed by atoms with Gasteiger partial charge in [0.25, 0.3) is 0 Å². The van der Waals surface area contributed by atoms with Gasteiger partial charge in [0, 0.05) is 32.4 Å². The van der Waals surface area contributed by atoms with Gasteiger partial charge in [0.15, 0.2) is 0 Å². The number of hydrogen-bond acceptors (Lipinski definition) is 3. The summed E-state index contributed by atoms with van der Waals surface area (Å²) in [5.74, 6) is 1.57. The predicted molar refractivity (Wildman–Crippen MR) is 94.7 cm³/mol. The van der Waals surface area contributed by atoms with E-state index in [-0.39, 0.29) is 11.8 Å². The maximum atomic E-state index is 13.1. The summed E-state index contributed by atoms with van der Waals surface area (Å²) in [6.45, 7) is 5.71. The first-order valence-electron chi connectivity index (χ1n) is 8.74. The number of anilines is 1. The fraction of sp³-hybridized carbons (Fsp3) is 0.400. The van der Waals surface area contributed by atoms with Crippen LogP contribution in [0.3, 0.4) is 0 Å². The molecule has 1 amide bonds. The average molecular weight is 321 g/mol. The van der Waals surface area contributed by atoms with Gasteiger partial charge in [0.2, 0.25) is 5.91 Å². The summed E-state index contributed by atoms with van der Waals surface area (Å²) in [5, 5.41) is 0. The minimum atomic E-state index is 0.0710. The number of carbonyl (C=O) groups is 1. The molecule has 0 saturated carbocycles. The zero-order valence-electron chi connectivity index (χ0n) is 14.1. The zero-order valence-corrected chi connectivity index (χ0v) is 14.1. The standard InChI is InChI=1S/C20H23N3O/c1-15-12-22(13-16-6-3-2-4-7-16)14-18(15)20(24)23-11-9-17-8-5-10-21-19(17)23/h2-8,10,15,18H,9,11-14H2,1H3. The molecule has 2 atom stereocenters. The van der Waals surface area contributed by atoms with Gasteiger partial charge in [-0.1, -0.05) is 43.3 Å². The Hall–Kier alpha value is -2.20. The van der Waals surface area contributed by atoms with Crippen LogP contribution in [0.2, 0.25) is 0 Å². The predicted octanol–water partition coefficient (Wildman–Crippen LogP) is 2.74. The minimum Gasteiger partial charge on any atom is -0.298 e. The highest BCUT2D eigenvalue weighted by Crippen LogP contribution is 2.31. The van der Waals surface area contributed by atoms with E-state index in [0.29, 0.717) is 5.92 Å². The molecular formula is C20H23N3O. The number of carbonyl (C=O) groups excluding carboxylic acids is 1. The largest absolute Gasteiger partial charge is 0.298 e. The monoisotopic (exact) mass is 321 g/mol. The highest BCUT2D eigenvalue weighted by Gasteiger charge is 2.39. The molecule has 2 aromatic rings. The molecular weight excluding hydrogens is 298 g/mol. The second-order valence-electron chi connectivity index (χ2n) is 6.99. The Kier molecular flexibility index (Phi) is 4.07. The quantitative estimate of drug-likeness (QED) is 0.872. The first-order valence-corrected chi connectivity index (χ1v) is 8.74. The number of amides is 1. The molecule has 3 heterocycles. The second kappa shape index (κ2) is 6.36. The van der Waals surface area contributed by atoms with E-state index in [1.165, 1.54) is 11.1 Å². The van der Waals surface area contributed by atoms with Crippen LogP contribution in [0.5, 0.6) is 0 Å². The van der Waals surface area contributed by atoms with Crippen molar-refractivity contribution in [1.29, 1.82) is 0 Å². The molecule has 4 heteroatoms. The maximum Gasteiger partial charge on any atom is 0.232 e. The van der Waals surface area contributed by atoms with Gasteiger partial charge in [-0.15, -0.1) is 0 Å². The van der Waals surface area contributed by atoms with Crippen molar-refractivity contribution >= 4 is 11.7 Å². The summed E-state index contributed by atoms with van der Waals surface area (Å²) in [4.78, 5) is 21.8. The fourth-order valence-corrected chi connectivity index (χ4v) is 3.98. The van der Waals surface area contributed by atoms with Crippen molar-refractivity contribution < 1.29 is 4.79 Å². The number of aromatic nitrogens is 1. The molecule has 0 N–H and O–H groups in total. The Morgan fingerprint density at radius 1 is 1.17 bits per heavy atom. The van der Waals surface area contributed by atoms with E-state index < -0.39 is 0 Å². The third-order valence-electron chi connectivity index (χ3n) is 5.25. The third-order valence-corrected chi connectivity index (χ3v) is 5.25. The normalized spacial score (nSPS) is 23.5. The molecule has 4 rings (SSSR count). The minimum absolute atomic E-state index is 0.0710. The van der Waals surface area contributed by atoms with Gasteiger partial charge in [-0.25, -0.2) is 4.98 Å². The average Bonchev–Trinajstić information content (AvgIpc) is 3.19. The first-order chi connectivity index (χ1) is 11.7. The van der Waals surface area contributed by atoms with E-state index in [4.69, 9.17) is 0 Å². The summed E-state index contributed by atoms with van der Waals surface area (Å²) in [6.07, 6.45) is 2.70. The van der Waals surface area contributed by atoms with Gasteiger partial charge in [-0.2, -0.15) is 0 Å². The first kappa shape index (κ1) is 15.3. The number of likely N-dealkylation sites (tertiary alicyclic amines) is 1. The molecule has 2 unspecified atom stereocenters. The van der Waals surface area contributed by atoms with Crippen LogP contribution in [0.15, 0.2) is 48.7 Å². The van der Waals surface area contributed by atoms with E-state index in [0.717, 1.165) is 38.4 Å². The molecule has 0 spiro atoms. The van der Waals surface area contributed by atoms with Crippen LogP contribution < -0.4 is 4.90 Å². The topological polar surface area (TPSA) is 36.4 Å². The molecule has 4 nitrogen and oxygen atoms in total. The number of hydrogen-bond donors (Lipinski definition) is 0. The fourth-order valence-electron chi connectivity index (χ4n) is 3.98. The van der Waals surface area contributed by atoms with Crippen LogP contribution in [0.1, 0.15) is 18.1 Å². The molecule has 1 aromatic heterocycles. The maximum absolute atomic E-state index is 13.1. The lowest BCUT2D eigenvalue weighted by molar-refractivity contribution is -0.122. The summed E-state index contributed by atoms with van der Waals surface area (Å²) < 4.78 is 0. The van der Waals surface area contributed by atoms with Crippen molar-refractivity contribution in [1.82, 2.24) is 9.88 Å². The van der Waals surface area contributed by atoms with Crippen molar-refractivity contribution in [2.75, 3.05) is 24.5 Å². The Morgan fingerprint density at radius 3 is 2.83 bits per heavy atom. The number of nitrogens with zero attached hydrogens (tertiary/aromatic N) is 3. The highest BCUT2D eigenvalue weighted by atomic mass is 16.2. The number of pyridine rings is 1. The van der Waals surface area contributed by atoms with Crippen molar-refractivity contribution in [2.24, 2.45) is 11.8 Å². The third kappa shape index (κ3) is 2.82. The molecule has 2 aliphatic heterocycles. The molecule has 1 saturated heterocycles. The van der Waals surface area contributed by atoms with E-state index in [1.54, 1.807) is 6.20 Å². The Labute approximate surface area is 143 Å². The van der Waals surface area contributed by atoms with Crippen LogP contribution in [-0.4, -0.2) is 35.4 Å². The van der Waals surface area contributed by atoms with Crippen LogP contribution in [-0.2, 0) is 17.8 Å². The highest BCUT2D eigenvalue weighted by molar-refractivity contribution is 5.96. The van der Waals surface area contributed by atoms with Crippen molar-refractivity contribution in [3.63, 3.8) is 0 Å². The molecule has 0 radical (unpaired) electrons. The zero-order chi connectivity index (χ0) is 16.5. The van der Waals surface area contributed by atoms with Gasteiger partial charge >= 0.3 is 0 Å². The lowest BCUT2D eigenvalue weighted by atomic mass is 9.97. The molecule has 1 fully saturated rings. The van der Waals surface area contributed by atoms with Crippen LogP contribution >= 0.6 is 0 Å². The molecule has 0 bridgehead atoms. The summed E-state index contributed by atoms with van der Waals surface area (Å²) >= 11 is 0. The SMILES string of the molecule is CC1CN(Cc2ccccc2)CC1C(=O)N1CCc2cccnc21. The van der Waals surface area contributed by atoms with E-state index in [1.807, 2.05) is 17.0 Å². The van der Waals surface area contributed by atoms with Crippen molar-refractivity contribution in [2.45, 2.75) is 19.9 Å². The number of benzene rings is 1. The lowest BCUT2D eigenvalue weighted by Crippen LogP contribution is -2.38. The molecule has 0 aliphatic carbocycles. The molecule has 124 valence electrons. The van der Waals surface area contributed by atoms with E-state index >= 15 is 0 Å². The van der Waals surface area contributed by atoms with Crippen molar-refractivity contribution in [3.05, 3.63) is 59.8 Å².